The second kappa shape index (κ2) is 12.5. The Bertz CT molecular complexity index is 1290. The number of esters is 2. The number of hydrogen-bond acceptors (Lipinski definition) is 8. The van der Waals surface area contributed by atoms with E-state index in [9.17, 15) is 19.2 Å². The maximum absolute atomic E-state index is 13.5. The minimum Gasteiger partial charge on any atom is -0.493 e. The van der Waals surface area contributed by atoms with Crippen LogP contribution in [0.1, 0.15) is 42.7 Å². The Morgan fingerprint density at radius 1 is 1.13 bits per heavy atom. The molecule has 1 aliphatic heterocycles. The third-order valence-electron chi connectivity index (χ3n) is 5.61. The zero-order chi connectivity index (χ0) is 28.0. The van der Waals surface area contributed by atoms with Gasteiger partial charge >= 0.3 is 18.0 Å². The van der Waals surface area contributed by atoms with E-state index in [0.717, 1.165) is 0 Å². The molecule has 2 aromatic rings. The summed E-state index contributed by atoms with van der Waals surface area (Å²) in [6.07, 6.45) is -0.904. The van der Waals surface area contributed by atoms with Crippen molar-refractivity contribution in [3.05, 3.63) is 63.3 Å². The number of anilines is 1. The first-order valence-corrected chi connectivity index (χ1v) is 12.4. The molecule has 0 saturated carbocycles. The van der Waals surface area contributed by atoms with Crippen molar-refractivity contribution < 1.29 is 38.1 Å². The molecule has 3 N–H and O–H groups in total. The van der Waals surface area contributed by atoms with Crippen LogP contribution < -0.4 is 25.4 Å². The maximum Gasteiger partial charge on any atom is 0.347 e. The fraction of sp³-hybridized carbons (Fsp3) is 0.308. The van der Waals surface area contributed by atoms with Crippen molar-refractivity contribution in [1.82, 2.24) is 10.6 Å². The lowest BCUT2D eigenvalue weighted by molar-refractivity contribution is -0.150. The van der Waals surface area contributed by atoms with Gasteiger partial charge < -0.3 is 34.9 Å². The van der Waals surface area contributed by atoms with E-state index < -0.39 is 36.0 Å². The van der Waals surface area contributed by atoms with Crippen LogP contribution in [-0.2, 0) is 19.1 Å². The summed E-state index contributed by atoms with van der Waals surface area (Å²) in [4.78, 5) is 50.1. The van der Waals surface area contributed by atoms with Gasteiger partial charge in [-0.05, 0) is 50.6 Å². The van der Waals surface area contributed by atoms with Gasteiger partial charge in [-0.15, -0.1) is 0 Å². The van der Waals surface area contributed by atoms with Crippen LogP contribution in [0.15, 0.2) is 52.1 Å². The quantitative estimate of drug-likeness (QED) is 0.374. The molecule has 0 aromatic heterocycles. The molecule has 1 heterocycles. The first-order valence-electron chi connectivity index (χ1n) is 11.6. The molecule has 1 aliphatic rings. The van der Waals surface area contributed by atoms with E-state index >= 15 is 0 Å². The summed E-state index contributed by atoms with van der Waals surface area (Å²) in [6.45, 7) is 5.05. The topological polar surface area (TPSA) is 141 Å². The molecule has 202 valence electrons. The number of allylic oxidation sites excluding steroid dienone is 1. The molecule has 12 heteroatoms. The first kappa shape index (κ1) is 28.5. The number of hydrogen-bond donors (Lipinski definition) is 3. The molecule has 3 rings (SSSR count). The molecular formula is C26H28BrN3O8. The van der Waals surface area contributed by atoms with Crippen molar-refractivity contribution in [2.24, 2.45) is 0 Å². The highest BCUT2D eigenvalue weighted by atomic mass is 79.9. The lowest BCUT2D eigenvalue weighted by Crippen LogP contribution is -2.46. The van der Waals surface area contributed by atoms with Crippen molar-refractivity contribution in [3.8, 4) is 11.5 Å². The number of amides is 3. The van der Waals surface area contributed by atoms with E-state index in [1.165, 1.54) is 20.3 Å². The van der Waals surface area contributed by atoms with Crippen molar-refractivity contribution in [3.63, 3.8) is 0 Å². The molecule has 11 nitrogen and oxygen atoms in total. The second-order valence-corrected chi connectivity index (χ2v) is 8.95. The lowest BCUT2D eigenvalue weighted by Gasteiger charge is -2.30. The summed E-state index contributed by atoms with van der Waals surface area (Å²) in [5.74, 6) is -1.19. The van der Waals surface area contributed by atoms with E-state index in [4.69, 9.17) is 18.9 Å². The van der Waals surface area contributed by atoms with Gasteiger partial charge in [-0.25, -0.2) is 14.4 Å². The third-order valence-corrected chi connectivity index (χ3v) is 6.30. The number of para-hydroxylation sites is 1. The number of benzene rings is 2. The second-order valence-electron chi connectivity index (χ2n) is 8.10. The van der Waals surface area contributed by atoms with Crippen LogP contribution in [0.2, 0.25) is 0 Å². The molecule has 0 bridgehead atoms. The van der Waals surface area contributed by atoms with Crippen molar-refractivity contribution >= 4 is 45.5 Å². The fourth-order valence-corrected chi connectivity index (χ4v) is 4.37. The van der Waals surface area contributed by atoms with Crippen LogP contribution >= 0.6 is 15.9 Å². The average Bonchev–Trinajstić information content (AvgIpc) is 2.88. The summed E-state index contributed by atoms with van der Waals surface area (Å²) in [5.41, 5.74) is 1.41. The highest BCUT2D eigenvalue weighted by Crippen LogP contribution is 2.40. The maximum atomic E-state index is 13.5. The van der Waals surface area contributed by atoms with Gasteiger partial charge in [0.2, 0.25) is 0 Å². The zero-order valence-electron chi connectivity index (χ0n) is 21.5. The van der Waals surface area contributed by atoms with Crippen LogP contribution in [0.3, 0.4) is 0 Å². The number of carbonyl (C=O) groups is 4. The van der Waals surface area contributed by atoms with E-state index in [0.29, 0.717) is 15.7 Å². The summed E-state index contributed by atoms with van der Waals surface area (Å²) >= 11 is 3.49. The minimum absolute atomic E-state index is 0.172. The van der Waals surface area contributed by atoms with Gasteiger partial charge in [0, 0.05) is 10.2 Å². The molecule has 0 radical (unpaired) electrons. The molecule has 38 heavy (non-hydrogen) atoms. The highest BCUT2D eigenvalue weighted by Gasteiger charge is 2.34. The fourth-order valence-electron chi connectivity index (χ4n) is 3.82. The van der Waals surface area contributed by atoms with Crippen LogP contribution in [0.25, 0.3) is 0 Å². The Hall–Kier alpha value is -4.06. The van der Waals surface area contributed by atoms with E-state index in [-0.39, 0.29) is 34.9 Å². The van der Waals surface area contributed by atoms with Gasteiger partial charge in [0.05, 0.1) is 43.7 Å². The van der Waals surface area contributed by atoms with E-state index in [1.54, 1.807) is 51.1 Å². The van der Waals surface area contributed by atoms with Crippen LogP contribution in [0, 0.1) is 0 Å². The summed E-state index contributed by atoms with van der Waals surface area (Å²) in [6, 6.07) is 8.16. The van der Waals surface area contributed by atoms with E-state index in [2.05, 4.69) is 31.9 Å². The Morgan fingerprint density at radius 2 is 1.84 bits per heavy atom. The van der Waals surface area contributed by atoms with Gasteiger partial charge in [0.1, 0.15) is 0 Å². The number of carbonyl (C=O) groups excluding carboxylic acids is 4. The van der Waals surface area contributed by atoms with Gasteiger partial charge in [-0.1, -0.05) is 28.1 Å². The monoisotopic (exact) mass is 589 g/mol. The smallest absolute Gasteiger partial charge is 0.347 e. The number of urea groups is 1. The lowest BCUT2D eigenvalue weighted by atomic mass is 9.94. The Labute approximate surface area is 228 Å². The van der Waals surface area contributed by atoms with Gasteiger partial charge in [0.15, 0.2) is 17.6 Å². The Balaban J connectivity index is 2.00. The van der Waals surface area contributed by atoms with E-state index in [1.807, 2.05) is 0 Å². The van der Waals surface area contributed by atoms with Crippen molar-refractivity contribution in [2.45, 2.75) is 32.9 Å². The average molecular weight is 590 g/mol. The third kappa shape index (κ3) is 6.25. The number of ether oxygens (including phenoxy) is 4. The van der Waals surface area contributed by atoms with Crippen LogP contribution in [-0.4, -0.2) is 50.8 Å². The Kier molecular flexibility index (Phi) is 9.35. The molecule has 0 fully saturated rings. The minimum atomic E-state index is -0.908. The predicted molar refractivity (Wildman–Crippen MR) is 141 cm³/mol. The Morgan fingerprint density at radius 3 is 2.50 bits per heavy atom. The van der Waals surface area contributed by atoms with Crippen LogP contribution in [0.4, 0.5) is 10.5 Å². The van der Waals surface area contributed by atoms with Crippen molar-refractivity contribution in [2.75, 3.05) is 26.1 Å². The number of methoxy groups -OCH3 is 2. The standard InChI is InChI=1S/C26H28BrN3O8/c1-6-37-24(32)14(3)38-20-12-17(27)16(11-19(20)35-4)22-21(13(2)28-26(34)30-22)23(31)29-18-10-8-7-9-15(18)25(33)36-5/h7-12,14,22H,6H2,1-5H3,(H,29,31)(H2,28,30,34)/t14-,22-/m1/s1. The number of rotatable bonds is 9. The normalized spacial score (nSPS) is 15.5. The number of nitrogens with one attached hydrogen (secondary N) is 3. The SMILES string of the molecule is CCOC(=O)[C@@H](C)Oc1cc(Br)c([C@H]2NC(=O)NC(C)=C2C(=O)Nc2ccccc2C(=O)OC)cc1OC. The van der Waals surface area contributed by atoms with Crippen LogP contribution in [0.5, 0.6) is 11.5 Å². The molecule has 3 amide bonds. The molecule has 0 aliphatic carbocycles. The summed E-state index contributed by atoms with van der Waals surface area (Å²) in [5, 5.41) is 8.10. The first-order chi connectivity index (χ1) is 18.1. The summed E-state index contributed by atoms with van der Waals surface area (Å²) in [7, 11) is 2.67. The zero-order valence-corrected chi connectivity index (χ0v) is 23.1. The predicted octanol–water partition coefficient (Wildman–Crippen LogP) is 3.84. The van der Waals surface area contributed by atoms with Crippen molar-refractivity contribution in [1.29, 1.82) is 0 Å². The summed E-state index contributed by atoms with van der Waals surface area (Å²) < 4.78 is 21.5. The molecule has 0 unspecified atom stereocenters. The van der Waals surface area contributed by atoms with Gasteiger partial charge in [0.25, 0.3) is 5.91 Å². The van der Waals surface area contributed by atoms with Gasteiger partial charge in [-0.2, -0.15) is 0 Å². The molecule has 0 saturated heterocycles. The number of halogens is 1. The van der Waals surface area contributed by atoms with Gasteiger partial charge in [-0.3, -0.25) is 4.79 Å². The molecular weight excluding hydrogens is 562 g/mol. The molecule has 0 spiro atoms. The largest absolute Gasteiger partial charge is 0.493 e. The molecule has 2 atom stereocenters. The molecule has 2 aromatic carbocycles. The highest BCUT2D eigenvalue weighted by molar-refractivity contribution is 9.10.